The summed E-state index contributed by atoms with van der Waals surface area (Å²) in [6, 6.07) is 13.4. The number of fused-ring (bicyclic) bond motifs is 1. The molecule has 0 radical (unpaired) electrons. The third-order valence-electron chi connectivity index (χ3n) is 4.19. The van der Waals surface area contributed by atoms with Gasteiger partial charge in [-0.05, 0) is 36.4 Å². The van der Waals surface area contributed by atoms with Crippen molar-refractivity contribution in [3.8, 4) is 5.69 Å². The van der Waals surface area contributed by atoms with Crippen LogP contribution in [-0.4, -0.2) is 20.7 Å². The summed E-state index contributed by atoms with van der Waals surface area (Å²) < 4.78 is 39.9. The topological polar surface area (TPSA) is 59.8 Å². The van der Waals surface area contributed by atoms with Gasteiger partial charge in [0.15, 0.2) is 5.69 Å². The molecule has 0 fully saturated rings. The van der Waals surface area contributed by atoms with Crippen LogP contribution in [0.5, 0.6) is 0 Å². The zero-order valence-electron chi connectivity index (χ0n) is 14.3. The molecule has 2 aromatic heterocycles. The van der Waals surface area contributed by atoms with Crippen molar-refractivity contribution in [3.05, 3.63) is 84.4 Å². The number of nitrogens with zero attached hydrogens (tertiary/aromatic N) is 3. The fourth-order valence-electron chi connectivity index (χ4n) is 2.83. The first-order valence-corrected chi connectivity index (χ1v) is 8.29. The lowest BCUT2D eigenvalue weighted by Gasteiger charge is -2.09. The van der Waals surface area contributed by atoms with Crippen LogP contribution in [0.25, 0.3) is 16.5 Å². The molecule has 0 aliphatic carbocycles. The lowest BCUT2D eigenvalue weighted by Crippen LogP contribution is -2.13. The number of rotatable bonds is 3. The van der Waals surface area contributed by atoms with Gasteiger partial charge < -0.3 is 5.32 Å². The van der Waals surface area contributed by atoms with Crippen molar-refractivity contribution in [1.29, 1.82) is 0 Å². The molecule has 0 spiro atoms. The second-order valence-corrected chi connectivity index (χ2v) is 6.05. The average molecular weight is 382 g/mol. The summed E-state index contributed by atoms with van der Waals surface area (Å²) in [7, 11) is 0. The summed E-state index contributed by atoms with van der Waals surface area (Å²) >= 11 is 0. The molecule has 1 N–H and O–H groups in total. The van der Waals surface area contributed by atoms with E-state index in [1.807, 2.05) is 6.07 Å². The molecule has 0 saturated heterocycles. The first-order valence-electron chi connectivity index (χ1n) is 8.29. The number of alkyl halides is 3. The zero-order chi connectivity index (χ0) is 19.7. The number of nitrogens with one attached hydrogen (secondary N) is 1. The molecule has 4 rings (SSSR count). The van der Waals surface area contributed by atoms with E-state index in [2.05, 4.69) is 15.4 Å². The molecule has 0 bridgehead atoms. The van der Waals surface area contributed by atoms with Gasteiger partial charge >= 0.3 is 6.18 Å². The number of halogens is 3. The summed E-state index contributed by atoms with van der Waals surface area (Å²) in [4.78, 5) is 16.6. The number of hydrogen-bond donors (Lipinski definition) is 1. The third-order valence-corrected chi connectivity index (χ3v) is 4.19. The van der Waals surface area contributed by atoms with E-state index in [-0.39, 0.29) is 11.4 Å². The van der Waals surface area contributed by atoms with E-state index in [1.54, 1.807) is 30.6 Å². The first kappa shape index (κ1) is 17.7. The van der Waals surface area contributed by atoms with Gasteiger partial charge in [0, 0.05) is 35.1 Å². The summed E-state index contributed by atoms with van der Waals surface area (Å²) in [5.41, 5.74) is 0.114. The predicted octanol–water partition coefficient (Wildman–Crippen LogP) is 4.69. The Morgan fingerprint density at radius 2 is 1.86 bits per heavy atom. The van der Waals surface area contributed by atoms with Crippen LogP contribution in [0.15, 0.2) is 73.2 Å². The third kappa shape index (κ3) is 3.44. The Balaban J connectivity index is 1.60. The molecule has 28 heavy (non-hydrogen) atoms. The van der Waals surface area contributed by atoms with Crippen molar-refractivity contribution in [3.63, 3.8) is 0 Å². The van der Waals surface area contributed by atoms with Gasteiger partial charge in [-0.2, -0.15) is 18.3 Å². The summed E-state index contributed by atoms with van der Waals surface area (Å²) in [5, 5.41) is 8.58. The van der Waals surface area contributed by atoms with Crippen LogP contribution in [0.3, 0.4) is 0 Å². The molecule has 1 amide bonds. The molecule has 5 nitrogen and oxygen atoms in total. The number of carbonyl (C=O) groups is 1. The lowest BCUT2D eigenvalue weighted by atomic mass is 10.1. The van der Waals surface area contributed by atoms with Gasteiger partial charge in [-0.3, -0.25) is 9.78 Å². The Labute approximate surface area is 157 Å². The minimum absolute atomic E-state index is 0.0865. The van der Waals surface area contributed by atoms with Crippen LogP contribution in [0, 0.1) is 0 Å². The number of anilines is 1. The van der Waals surface area contributed by atoms with E-state index >= 15 is 0 Å². The van der Waals surface area contributed by atoms with Crippen molar-refractivity contribution in [2.24, 2.45) is 0 Å². The number of carbonyl (C=O) groups excluding carboxylic acids is 1. The molecule has 0 saturated carbocycles. The van der Waals surface area contributed by atoms with E-state index < -0.39 is 17.6 Å². The summed E-state index contributed by atoms with van der Waals surface area (Å²) in [6.07, 6.45) is 0.303. The summed E-state index contributed by atoms with van der Waals surface area (Å²) in [5.74, 6) is -0.463. The Morgan fingerprint density at radius 1 is 1.04 bits per heavy atom. The van der Waals surface area contributed by atoms with Crippen LogP contribution in [-0.2, 0) is 6.18 Å². The molecule has 0 unspecified atom stereocenters. The largest absolute Gasteiger partial charge is 0.416 e. The van der Waals surface area contributed by atoms with Crippen molar-refractivity contribution in [1.82, 2.24) is 14.8 Å². The molecule has 0 aliphatic heterocycles. The van der Waals surface area contributed by atoms with Crippen LogP contribution >= 0.6 is 0 Å². The second kappa shape index (κ2) is 6.80. The van der Waals surface area contributed by atoms with E-state index in [0.717, 1.165) is 22.9 Å². The Hall–Kier alpha value is -3.68. The van der Waals surface area contributed by atoms with Gasteiger partial charge in [0.2, 0.25) is 0 Å². The number of aromatic nitrogens is 3. The van der Waals surface area contributed by atoms with E-state index in [4.69, 9.17) is 0 Å². The van der Waals surface area contributed by atoms with E-state index in [9.17, 15) is 18.0 Å². The van der Waals surface area contributed by atoms with Crippen molar-refractivity contribution >= 4 is 22.4 Å². The lowest BCUT2D eigenvalue weighted by molar-refractivity contribution is -0.137. The highest BCUT2D eigenvalue weighted by molar-refractivity contribution is 6.08. The molecule has 0 atom stereocenters. The number of pyridine rings is 1. The van der Waals surface area contributed by atoms with Gasteiger partial charge in [-0.25, -0.2) is 4.68 Å². The highest BCUT2D eigenvalue weighted by Gasteiger charge is 2.30. The average Bonchev–Trinajstić information content (AvgIpc) is 3.18. The van der Waals surface area contributed by atoms with Gasteiger partial charge in [-0.15, -0.1) is 0 Å². The summed E-state index contributed by atoms with van der Waals surface area (Å²) in [6.45, 7) is 0. The number of hydrogen-bond acceptors (Lipinski definition) is 3. The maximum atomic E-state index is 12.9. The maximum absolute atomic E-state index is 12.9. The van der Waals surface area contributed by atoms with Crippen molar-refractivity contribution < 1.29 is 18.0 Å². The first-order chi connectivity index (χ1) is 13.4. The van der Waals surface area contributed by atoms with E-state index in [1.165, 1.54) is 29.1 Å². The minimum Gasteiger partial charge on any atom is -0.320 e. The fourth-order valence-corrected chi connectivity index (χ4v) is 2.83. The van der Waals surface area contributed by atoms with Crippen LogP contribution < -0.4 is 5.32 Å². The standard InChI is InChI=1S/C20H13F3N4O/c21-20(22,23)14-4-2-5-15(11-14)27-10-8-18(26-27)19(28)25-17-6-1-3-13-12-24-9-7-16(13)17/h1-12H,(H,25,28). The van der Waals surface area contributed by atoms with E-state index in [0.29, 0.717) is 5.69 Å². The SMILES string of the molecule is O=C(Nc1cccc2cnccc12)c1ccn(-c2cccc(C(F)(F)F)c2)n1. The van der Waals surface area contributed by atoms with Crippen molar-refractivity contribution in [2.75, 3.05) is 5.32 Å². The maximum Gasteiger partial charge on any atom is 0.416 e. The molecule has 140 valence electrons. The van der Waals surface area contributed by atoms with Crippen LogP contribution in [0.2, 0.25) is 0 Å². The minimum atomic E-state index is -4.45. The van der Waals surface area contributed by atoms with Gasteiger partial charge in [0.05, 0.1) is 11.3 Å². The molecular formula is C20H13F3N4O. The highest BCUT2D eigenvalue weighted by atomic mass is 19.4. The highest BCUT2D eigenvalue weighted by Crippen LogP contribution is 2.30. The van der Waals surface area contributed by atoms with Crippen LogP contribution in [0.1, 0.15) is 16.1 Å². The van der Waals surface area contributed by atoms with Gasteiger partial charge in [0.25, 0.3) is 5.91 Å². The molecule has 8 heteroatoms. The predicted molar refractivity (Wildman–Crippen MR) is 98.3 cm³/mol. The quantitative estimate of drug-likeness (QED) is 0.559. The normalized spacial score (nSPS) is 11.5. The van der Waals surface area contributed by atoms with Gasteiger partial charge in [-0.1, -0.05) is 18.2 Å². The molecule has 2 aromatic carbocycles. The Kier molecular flexibility index (Phi) is 4.31. The molecular weight excluding hydrogens is 369 g/mol. The molecule has 2 heterocycles. The monoisotopic (exact) mass is 382 g/mol. The van der Waals surface area contributed by atoms with Crippen LogP contribution in [0.4, 0.5) is 18.9 Å². The molecule has 0 aliphatic rings. The molecule has 4 aromatic rings. The Morgan fingerprint density at radius 3 is 2.68 bits per heavy atom. The smallest absolute Gasteiger partial charge is 0.320 e. The van der Waals surface area contributed by atoms with Gasteiger partial charge in [0.1, 0.15) is 0 Å². The van der Waals surface area contributed by atoms with Crippen molar-refractivity contribution in [2.45, 2.75) is 6.18 Å². The fraction of sp³-hybridized carbons (Fsp3) is 0.0500. The number of benzene rings is 2. The Bertz CT molecular complexity index is 1160. The zero-order valence-corrected chi connectivity index (χ0v) is 14.3. The second-order valence-electron chi connectivity index (χ2n) is 6.05. The number of amides is 1.